The molecular weight excluding hydrogens is 200 g/mol. The molecule has 14 heavy (non-hydrogen) atoms. The highest BCUT2D eigenvalue weighted by Crippen LogP contribution is 2.23. The Morgan fingerprint density at radius 2 is 2.21 bits per heavy atom. The molecule has 0 fully saturated rings. The van der Waals surface area contributed by atoms with Gasteiger partial charge in [-0.1, -0.05) is 11.6 Å². The Morgan fingerprint density at radius 3 is 2.79 bits per heavy atom. The van der Waals surface area contributed by atoms with Gasteiger partial charge in [-0.25, -0.2) is 0 Å². The number of hydrogen-bond donors (Lipinski definition) is 0. The number of ether oxygens (including phenoxy) is 1. The molecule has 0 spiro atoms. The van der Waals surface area contributed by atoms with Crippen molar-refractivity contribution in [2.24, 2.45) is 0 Å². The van der Waals surface area contributed by atoms with Crippen LogP contribution in [0.25, 0.3) is 6.08 Å². The number of rotatable bonds is 3. The zero-order chi connectivity index (χ0) is 10.6. The molecule has 0 aliphatic carbocycles. The summed E-state index contributed by atoms with van der Waals surface area (Å²) < 4.78 is 5.11. The van der Waals surface area contributed by atoms with E-state index < -0.39 is 0 Å². The minimum Gasteiger partial charge on any atom is -0.496 e. The Kier molecular flexibility index (Phi) is 3.72. The van der Waals surface area contributed by atoms with E-state index in [2.05, 4.69) is 0 Å². The van der Waals surface area contributed by atoms with Crippen molar-refractivity contribution in [2.75, 3.05) is 7.11 Å². The second-order valence-corrected chi connectivity index (χ2v) is 3.27. The van der Waals surface area contributed by atoms with Crippen LogP contribution in [0.2, 0.25) is 5.02 Å². The largest absolute Gasteiger partial charge is 0.496 e. The van der Waals surface area contributed by atoms with Crippen LogP contribution in [0.1, 0.15) is 12.5 Å². The van der Waals surface area contributed by atoms with E-state index in [1.807, 2.05) is 0 Å². The summed E-state index contributed by atoms with van der Waals surface area (Å²) >= 11 is 5.79. The maximum absolute atomic E-state index is 10.7. The van der Waals surface area contributed by atoms with Crippen LogP contribution in [-0.4, -0.2) is 12.9 Å². The third kappa shape index (κ3) is 2.89. The van der Waals surface area contributed by atoms with Crippen molar-refractivity contribution >= 4 is 23.5 Å². The first kappa shape index (κ1) is 10.8. The maximum Gasteiger partial charge on any atom is 0.152 e. The SMILES string of the molecule is COc1cc(Cl)ccc1/C=C/C(C)=O. The molecule has 74 valence electrons. The topological polar surface area (TPSA) is 26.3 Å². The van der Waals surface area contributed by atoms with Crippen molar-refractivity contribution in [3.05, 3.63) is 34.9 Å². The van der Waals surface area contributed by atoms with Crippen molar-refractivity contribution in [2.45, 2.75) is 6.92 Å². The molecule has 1 aromatic carbocycles. The molecule has 0 radical (unpaired) electrons. The van der Waals surface area contributed by atoms with Gasteiger partial charge in [0, 0.05) is 10.6 Å². The molecule has 0 saturated carbocycles. The number of methoxy groups -OCH3 is 1. The van der Waals surface area contributed by atoms with Gasteiger partial charge in [-0.2, -0.15) is 0 Å². The number of benzene rings is 1. The zero-order valence-electron chi connectivity index (χ0n) is 8.08. The summed E-state index contributed by atoms with van der Waals surface area (Å²) in [6.07, 6.45) is 3.20. The summed E-state index contributed by atoms with van der Waals surface area (Å²) in [5.74, 6) is 0.664. The summed E-state index contributed by atoms with van der Waals surface area (Å²) in [7, 11) is 1.57. The summed E-state index contributed by atoms with van der Waals surface area (Å²) in [6.45, 7) is 1.50. The first-order chi connectivity index (χ1) is 6.63. The van der Waals surface area contributed by atoms with Gasteiger partial charge in [0.05, 0.1) is 7.11 Å². The number of carbonyl (C=O) groups excluding carboxylic acids is 1. The number of halogens is 1. The van der Waals surface area contributed by atoms with Crippen molar-refractivity contribution in [3.8, 4) is 5.75 Å². The second kappa shape index (κ2) is 4.82. The Bertz CT molecular complexity index is 370. The smallest absolute Gasteiger partial charge is 0.152 e. The molecule has 0 aliphatic heterocycles. The van der Waals surface area contributed by atoms with Gasteiger partial charge in [0.25, 0.3) is 0 Å². The van der Waals surface area contributed by atoms with Gasteiger partial charge in [0.2, 0.25) is 0 Å². The van der Waals surface area contributed by atoms with Gasteiger partial charge in [-0.3, -0.25) is 4.79 Å². The molecular formula is C11H11ClO2. The van der Waals surface area contributed by atoms with Crippen molar-refractivity contribution in [1.29, 1.82) is 0 Å². The van der Waals surface area contributed by atoms with E-state index >= 15 is 0 Å². The van der Waals surface area contributed by atoms with Gasteiger partial charge < -0.3 is 4.74 Å². The molecule has 0 aromatic heterocycles. The summed E-state index contributed by atoms with van der Waals surface area (Å²) in [4.78, 5) is 10.7. The standard InChI is InChI=1S/C11H11ClO2/c1-8(13)3-4-9-5-6-10(12)7-11(9)14-2/h3-7H,1-2H3/b4-3+. The van der Waals surface area contributed by atoms with E-state index in [0.717, 1.165) is 5.56 Å². The monoisotopic (exact) mass is 210 g/mol. The molecule has 3 heteroatoms. The lowest BCUT2D eigenvalue weighted by atomic mass is 10.2. The first-order valence-electron chi connectivity index (χ1n) is 4.15. The number of carbonyl (C=O) groups is 1. The fraction of sp³-hybridized carbons (Fsp3) is 0.182. The average molecular weight is 211 g/mol. The van der Waals surface area contributed by atoms with Crippen LogP contribution in [0.5, 0.6) is 5.75 Å². The Labute approximate surface area is 88.1 Å². The van der Waals surface area contributed by atoms with Crippen molar-refractivity contribution in [1.82, 2.24) is 0 Å². The molecule has 2 nitrogen and oxygen atoms in total. The maximum atomic E-state index is 10.7. The lowest BCUT2D eigenvalue weighted by Crippen LogP contribution is -1.87. The highest BCUT2D eigenvalue weighted by Gasteiger charge is 2.00. The lowest BCUT2D eigenvalue weighted by molar-refractivity contribution is -0.112. The van der Waals surface area contributed by atoms with E-state index in [4.69, 9.17) is 16.3 Å². The van der Waals surface area contributed by atoms with Crippen LogP contribution in [0.3, 0.4) is 0 Å². The highest BCUT2D eigenvalue weighted by molar-refractivity contribution is 6.30. The minimum atomic E-state index is 0.00185. The molecule has 0 aliphatic rings. The molecule has 1 aromatic rings. The van der Waals surface area contributed by atoms with E-state index in [1.54, 1.807) is 31.4 Å². The van der Waals surface area contributed by atoms with E-state index in [9.17, 15) is 4.79 Å². The minimum absolute atomic E-state index is 0.00185. The lowest BCUT2D eigenvalue weighted by Gasteiger charge is -2.04. The summed E-state index contributed by atoms with van der Waals surface area (Å²) in [5, 5.41) is 0.613. The molecule has 0 heterocycles. The van der Waals surface area contributed by atoms with E-state index in [-0.39, 0.29) is 5.78 Å². The van der Waals surface area contributed by atoms with Crippen LogP contribution >= 0.6 is 11.6 Å². The molecule has 0 saturated heterocycles. The predicted molar refractivity (Wildman–Crippen MR) is 57.7 cm³/mol. The van der Waals surface area contributed by atoms with Crippen LogP contribution < -0.4 is 4.74 Å². The fourth-order valence-electron chi connectivity index (χ4n) is 1.03. The molecule has 0 amide bonds. The summed E-state index contributed by atoms with van der Waals surface area (Å²) in [5.41, 5.74) is 0.840. The summed E-state index contributed by atoms with van der Waals surface area (Å²) in [6, 6.07) is 5.27. The van der Waals surface area contributed by atoms with Crippen LogP contribution in [0.15, 0.2) is 24.3 Å². The third-order valence-corrected chi connectivity index (χ3v) is 1.93. The number of hydrogen-bond acceptors (Lipinski definition) is 2. The van der Waals surface area contributed by atoms with E-state index in [0.29, 0.717) is 10.8 Å². The molecule has 0 unspecified atom stereocenters. The van der Waals surface area contributed by atoms with E-state index in [1.165, 1.54) is 13.0 Å². The Morgan fingerprint density at radius 1 is 1.50 bits per heavy atom. The number of allylic oxidation sites excluding steroid dienone is 1. The zero-order valence-corrected chi connectivity index (χ0v) is 8.84. The quantitative estimate of drug-likeness (QED) is 0.717. The van der Waals surface area contributed by atoms with Crippen LogP contribution in [-0.2, 0) is 4.79 Å². The predicted octanol–water partition coefficient (Wildman–Crippen LogP) is 2.95. The van der Waals surface area contributed by atoms with Crippen LogP contribution in [0, 0.1) is 0 Å². The molecule has 0 bridgehead atoms. The fourth-order valence-corrected chi connectivity index (χ4v) is 1.19. The van der Waals surface area contributed by atoms with Gasteiger partial charge in [-0.15, -0.1) is 0 Å². The molecule has 0 atom stereocenters. The van der Waals surface area contributed by atoms with Gasteiger partial charge in [0.1, 0.15) is 5.75 Å². The number of ketones is 1. The molecule has 1 rings (SSSR count). The average Bonchev–Trinajstić information content (AvgIpc) is 2.15. The van der Waals surface area contributed by atoms with Gasteiger partial charge in [-0.05, 0) is 37.3 Å². The van der Waals surface area contributed by atoms with Crippen molar-refractivity contribution < 1.29 is 9.53 Å². The highest BCUT2D eigenvalue weighted by atomic mass is 35.5. The van der Waals surface area contributed by atoms with Crippen molar-refractivity contribution in [3.63, 3.8) is 0 Å². The van der Waals surface area contributed by atoms with Gasteiger partial charge in [0.15, 0.2) is 5.78 Å². The van der Waals surface area contributed by atoms with Gasteiger partial charge >= 0.3 is 0 Å². The molecule has 0 N–H and O–H groups in total. The van der Waals surface area contributed by atoms with Crippen LogP contribution in [0.4, 0.5) is 0 Å². The Hall–Kier alpha value is -1.28. The normalized spacial score (nSPS) is 10.5. The Balaban J connectivity index is 3.02. The third-order valence-electron chi connectivity index (χ3n) is 1.69. The second-order valence-electron chi connectivity index (χ2n) is 2.83. The first-order valence-corrected chi connectivity index (χ1v) is 4.53.